The Morgan fingerprint density at radius 1 is 1.21 bits per heavy atom. The predicted octanol–water partition coefficient (Wildman–Crippen LogP) is 3.22. The Labute approximate surface area is 121 Å². The Morgan fingerprint density at radius 2 is 2.00 bits per heavy atom. The summed E-state index contributed by atoms with van der Waals surface area (Å²) >= 11 is 3.56. The van der Waals surface area contributed by atoms with Gasteiger partial charge in [-0.2, -0.15) is 0 Å². The van der Waals surface area contributed by atoms with Crippen molar-refractivity contribution in [3.63, 3.8) is 0 Å². The Morgan fingerprint density at radius 3 is 2.79 bits per heavy atom. The number of H-pyrrole nitrogens is 1. The number of imidazole rings is 1. The fourth-order valence-electron chi connectivity index (χ4n) is 2.73. The van der Waals surface area contributed by atoms with E-state index in [-0.39, 0.29) is 0 Å². The highest BCUT2D eigenvalue weighted by atomic mass is 79.9. The standard InChI is InChI=1S/C15H18BrN3/c16-15-14(18-13(19-15)7-8-17)12-6-5-10-3-1-2-4-11(10)9-12/h5-6,9H,1-4,7-8,17H2,(H,18,19). The van der Waals surface area contributed by atoms with Crippen LogP contribution in [0.3, 0.4) is 0 Å². The first-order valence-corrected chi connectivity index (χ1v) is 7.64. The molecule has 1 aromatic carbocycles. The van der Waals surface area contributed by atoms with E-state index in [0.29, 0.717) is 6.54 Å². The van der Waals surface area contributed by atoms with E-state index < -0.39 is 0 Å². The summed E-state index contributed by atoms with van der Waals surface area (Å²) in [5.74, 6) is 0.946. The minimum atomic E-state index is 0.615. The number of benzene rings is 1. The zero-order valence-corrected chi connectivity index (χ0v) is 12.5. The largest absolute Gasteiger partial charge is 0.336 e. The van der Waals surface area contributed by atoms with E-state index in [0.717, 1.165) is 22.5 Å². The molecule has 3 nitrogen and oxygen atoms in total. The average Bonchev–Trinajstić information content (AvgIpc) is 2.79. The van der Waals surface area contributed by atoms with Gasteiger partial charge in [0.15, 0.2) is 0 Å². The topological polar surface area (TPSA) is 54.7 Å². The summed E-state index contributed by atoms with van der Waals surface area (Å²) < 4.78 is 0.951. The molecule has 0 spiro atoms. The fraction of sp³-hybridized carbons (Fsp3) is 0.400. The van der Waals surface area contributed by atoms with Crippen LogP contribution in [0, 0.1) is 0 Å². The van der Waals surface area contributed by atoms with Crippen LogP contribution in [0.4, 0.5) is 0 Å². The van der Waals surface area contributed by atoms with Gasteiger partial charge in [0.1, 0.15) is 16.1 Å². The lowest BCUT2D eigenvalue weighted by atomic mass is 9.90. The molecule has 1 aliphatic rings. The molecular formula is C15H18BrN3. The second-order valence-electron chi connectivity index (χ2n) is 5.08. The third kappa shape index (κ3) is 2.60. The van der Waals surface area contributed by atoms with Crippen LogP contribution in [0.15, 0.2) is 22.8 Å². The number of rotatable bonds is 3. The molecule has 0 aliphatic heterocycles. The van der Waals surface area contributed by atoms with Crippen molar-refractivity contribution in [2.75, 3.05) is 6.54 Å². The Kier molecular flexibility index (Phi) is 3.71. The fourth-order valence-corrected chi connectivity index (χ4v) is 3.27. The number of nitrogens with one attached hydrogen (secondary N) is 1. The minimum absolute atomic E-state index is 0.615. The van der Waals surface area contributed by atoms with Crippen molar-refractivity contribution in [3.8, 4) is 11.3 Å². The van der Waals surface area contributed by atoms with Gasteiger partial charge in [0, 0.05) is 12.0 Å². The number of nitrogens with zero attached hydrogens (tertiary/aromatic N) is 1. The van der Waals surface area contributed by atoms with E-state index >= 15 is 0 Å². The van der Waals surface area contributed by atoms with E-state index in [2.05, 4.69) is 44.1 Å². The highest BCUT2D eigenvalue weighted by Crippen LogP contribution is 2.30. The molecule has 0 fully saturated rings. The predicted molar refractivity (Wildman–Crippen MR) is 81.1 cm³/mol. The van der Waals surface area contributed by atoms with Crippen LogP contribution >= 0.6 is 15.9 Å². The third-order valence-corrected chi connectivity index (χ3v) is 4.29. The van der Waals surface area contributed by atoms with E-state index in [4.69, 9.17) is 5.73 Å². The van der Waals surface area contributed by atoms with E-state index in [1.807, 2.05) is 0 Å². The number of aromatic nitrogens is 2. The molecule has 1 aromatic heterocycles. The second kappa shape index (κ2) is 5.47. The van der Waals surface area contributed by atoms with Crippen molar-refractivity contribution in [1.82, 2.24) is 9.97 Å². The van der Waals surface area contributed by atoms with Gasteiger partial charge in [-0.05, 0) is 65.4 Å². The van der Waals surface area contributed by atoms with Gasteiger partial charge in [-0.25, -0.2) is 4.98 Å². The highest BCUT2D eigenvalue weighted by molar-refractivity contribution is 9.10. The molecule has 0 bridgehead atoms. The van der Waals surface area contributed by atoms with Gasteiger partial charge < -0.3 is 10.7 Å². The van der Waals surface area contributed by atoms with Gasteiger partial charge in [0.25, 0.3) is 0 Å². The first kappa shape index (κ1) is 12.9. The molecule has 0 radical (unpaired) electrons. The molecule has 3 N–H and O–H groups in total. The maximum absolute atomic E-state index is 5.57. The number of hydrogen-bond donors (Lipinski definition) is 2. The summed E-state index contributed by atoms with van der Waals surface area (Å²) in [5, 5.41) is 0. The normalized spacial score (nSPS) is 14.4. The summed E-state index contributed by atoms with van der Waals surface area (Å²) in [4.78, 5) is 7.89. The summed E-state index contributed by atoms with van der Waals surface area (Å²) in [7, 11) is 0. The number of fused-ring (bicyclic) bond motifs is 1. The van der Waals surface area contributed by atoms with Crippen molar-refractivity contribution in [2.45, 2.75) is 32.1 Å². The van der Waals surface area contributed by atoms with Gasteiger partial charge in [0.05, 0.1) is 0 Å². The smallest absolute Gasteiger partial charge is 0.110 e. The first-order chi connectivity index (χ1) is 9.28. The van der Waals surface area contributed by atoms with E-state index in [1.54, 1.807) is 0 Å². The quantitative estimate of drug-likeness (QED) is 0.912. The van der Waals surface area contributed by atoms with Crippen LogP contribution in [0.2, 0.25) is 0 Å². The molecule has 1 heterocycles. The van der Waals surface area contributed by atoms with E-state index in [9.17, 15) is 0 Å². The van der Waals surface area contributed by atoms with Gasteiger partial charge in [0.2, 0.25) is 0 Å². The van der Waals surface area contributed by atoms with Crippen LogP contribution in [0.25, 0.3) is 11.3 Å². The zero-order valence-electron chi connectivity index (χ0n) is 10.9. The van der Waals surface area contributed by atoms with Crippen LogP contribution in [0.5, 0.6) is 0 Å². The summed E-state index contributed by atoms with van der Waals surface area (Å²) in [6, 6.07) is 6.73. The molecule has 3 rings (SSSR count). The van der Waals surface area contributed by atoms with Gasteiger partial charge >= 0.3 is 0 Å². The number of hydrogen-bond acceptors (Lipinski definition) is 2. The third-order valence-electron chi connectivity index (χ3n) is 3.71. The lowest BCUT2D eigenvalue weighted by Crippen LogP contribution is -2.04. The van der Waals surface area contributed by atoms with Crippen molar-refractivity contribution < 1.29 is 0 Å². The molecule has 1 aliphatic carbocycles. The maximum Gasteiger partial charge on any atom is 0.110 e. The van der Waals surface area contributed by atoms with Crippen LogP contribution in [-0.4, -0.2) is 16.5 Å². The van der Waals surface area contributed by atoms with E-state index in [1.165, 1.54) is 42.4 Å². The second-order valence-corrected chi connectivity index (χ2v) is 5.87. The zero-order chi connectivity index (χ0) is 13.2. The van der Waals surface area contributed by atoms with Crippen LogP contribution < -0.4 is 5.73 Å². The molecule has 0 saturated carbocycles. The SMILES string of the molecule is NCCc1nc(-c2ccc3c(c2)CCCC3)c(Br)[nH]1. The molecule has 0 atom stereocenters. The molecule has 0 saturated heterocycles. The minimum Gasteiger partial charge on any atom is -0.336 e. The maximum atomic E-state index is 5.57. The highest BCUT2D eigenvalue weighted by Gasteiger charge is 2.14. The van der Waals surface area contributed by atoms with Gasteiger partial charge in [-0.3, -0.25) is 0 Å². The first-order valence-electron chi connectivity index (χ1n) is 6.84. The Balaban J connectivity index is 1.97. The van der Waals surface area contributed by atoms with Crippen molar-refractivity contribution in [2.24, 2.45) is 5.73 Å². The Hall–Kier alpha value is -1.13. The van der Waals surface area contributed by atoms with Crippen LogP contribution in [0.1, 0.15) is 29.8 Å². The molecule has 0 unspecified atom stereocenters. The monoisotopic (exact) mass is 319 g/mol. The molecule has 4 heteroatoms. The summed E-state index contributed by atoms with van der Waals surface area (Å²) in [5.41, 5.74) is 10.7. The average molecular weight is 320 g/mol. The summed E-state index contributed by atoms with van der Waals surface area (Å²) in [6.07, 6.45) is 5.82. The van der Waals surface area contributed by atoms with Gasteiger partial charge in [-0.15, -0.1) is 0 Å². The molecular weight excluding hydrogens is 302 g/mol. The lowest BCUT2D eigenvalue weighted by molar-refractivity contribution is 0.686. The molecule has 2 aromatic rings. The number of aromatic amines is 1. The van der Waals surface area contributed by atoms with Crippen molar-refractivity contribution >= 4 is 15.9 Å². The summed E-state index contributed by atoms with van der Waals surface area (Å²) in [6.45, 7) is 0.615. The molecule has 0 amide bonds. The number of aryl methyl sites for hydroxylation is 2. The molecule has 100 valence electrons. The number of halogens is 1. The van der Waals surface area contributed by atoms with Crippen molar-refractivity contribution in [1.29, 1.82) is 0 Å². The Bertz CT molecular complexity index is 589. The van der Waals surface area contributed by atoms with Gasteiger partial charge in [-0.1, -0.05) is 12.1 Å². The molecule has 19 heavy (non-hydrogen) atoms. The van der Waals surface area contributed by atoms with Crippen LogP contribution in [-0.2, 0) is 19.3 Å². The van der Waals surface area contributed by atoms with Crippen molar-refractivity contribution in [3.05, 3.63) is 39.8 Å². The number of nitrogens with two attached hydrogens (primary N) is 1. The lowest BCUT2D eigenvalue weighted by Gasteiger charge is -2.16.